The van der Waals surface area contributed by atoms with Crippen LogP contribution in [0.1, 0.15) is 30.1 Å². The number of rotatable bonds is 5. The zero-order chi connectivity index (χ0) is 22.9. The number of amides is 1. The Labute approximate surface area is 185 Å². The van der Waals surface area contributed by atoms with Crippen LogP contribution in [0, 0.1) is 5.82 Å². The molecule has 8 nitrogen and oxygen atoms in total. The van der Waals surface area contributed by atoms with Crippen LogP contribution < -0.4 is 16.0 Å². The van der Waals surface area contributed by atoms with E-state index in [0.29, 0.717) is 17.4 Å². The average molecular weight is 475 g/mol. The number of nitrogens with one attached hydrogen (secondary N) is 3. The molecular formula is C19H19ClF4N6O2. The first-order valence-electron chi connectivity index (χ1n) is 9.80. The molecule has 1 amide bonds. The number of anilines is 2. The molecule has 1 saturated heterocycles. The van der Waals surface area contributed by atoms with Gasteiger partial charge in [-0.05, 0) is 6.07 Å². The molecule has 3 N–H and O–H groups in total. The quantitative estimate of drug-likeness (QED) is 0.573. The van der Waals surface area contributed by atoms with Crippen molar-refractivity contribution in [3.63, 3.8) is 0 Å². The lowest BCUT2D eigenvalue weighted by Crippen LogP contribution is -2.57. The van der Waals surface area contributed by atoms with E-state index in [1.54, 1.807) is 6.07 Å². The van der Waals surface area contributed by atoms with E-state index in [1.807, 2.05) is 5.32 Å². The molecule has 4 rings (SSSR count). The number of hydrogen-bond acceptors (Lipinski definition) is 7. The maximum absolute atomic E-state index is 14.6. The molecule has 1 unspecified atom stereocenters. The molecule has 32 heavy (non-hydrogen) atoms. The van der Waals surface area contributed by atoms with E-state index < -0.39 is 30.0 Å². The van der Waals surface area contributed by atoms with Gasteiger partial charge in [0.15, 0.2) is 11.6 Å². The number of carbonyl (C=O) groups is 1. The van der Waals surface area contributed by atoms with E-state index in [9.17, 15) is 22.4 Å². The highest BCUT2D eigenvalue weighted by Gasteiger charge is 2.42. The summed E-state index contributed by atoms with van der Waals surface area (Å²) in [4.78, 5) is 25.2. The molecule has 0 saturated carbocycles. The van der Waals surface area contributed by atoms with E-state index in [-0.39, 0.29) is 43.6 Å². The van der Waals surface area contributed by atoms with Crippen molar-refractivity contribution in [1.29, 1.82) is 0 Å². The van der Waals surface area contributed by atoms with Gasteiger partial charge in [-0.25, -0.2) is 19.3 Å². The summed E-state index contributed by atoms with van der Waals surface area (Å²) in [6.07, 6.45) is -2.04. The lowest BCUT2D eigenvalue weighted by molar-refractivity contribution is -0.142. The Kier molecular flexibility index (Phi) is 6.08. The molecule has 2 aliphatic heterocycles. The second kappa shape index (κ2) is 8.66. The summed E-state index contributed by atoms with van der Waals surface area (Å²) in [6, 6.07) is 1.71. The summed E-state index contributed by atoms with van der Waals surface area (Å²) >= 11 is 6.04. The zero-order valence-electron chi connectivity index (χ0n) is 16.6. The third-order valence-electron chi connectivity index (χ3n) is 5.40. The van der Waals surface area contributed by atoms with Gasteiger partial charge in [-0.3, -0.25) is 4.79 Å². The van der Waals surface area contributed by atoms with Crippen molar-refractivity contribution >= 4 is 29.1 Å². The van der Waals surface area contributed by atoms with Gasteiger partial charge in [0.05, 0.1) is 17.1 Å². The van der Waals surface area contributed by atoms with Gasteiger partial charge < -0.3 is 20.7 Å². The molecular weight excluding hydrogens is 456 g/mol. The third kappa shape index (κ3) is 4.70. The van der Waals surface area contributed by atoms with Crippen LogP contribution in [0.4, 0.5) is 29.2 Å². The van der Waals surface area contributed by atoms with Crippen LogP contribution in [0.2, 0.25) is 5.02 Å². The smallest absolute Gasteiger partial charge is 0.381 e. The van der Waals surface area contributed by atoms with E-state index >= 15 is 0 Å². The number of fused-ring (bicyclic) bond motifs is 1. The minimum absolute atomic E-state index is 0.0445. The number of hydrogen-bond donors (Lipinski definition) is 3. The number of carbonyl (C=O) groups excluding carboxylic acids is 1. The fourth-order valence-corrected chi connectivity index (χ4v) is 3.92. The Bertz CT molecular complexity index is 1020. The first-order valence-corrected chi connectivity index (χ1v) is 10.2. The van der Waals surface area contributed by atoms with E-state index in [1.165, 1.54) is 6.20 Å². The van der Waals surface area contributed by atoms with Gasteiger partial charge in [0.1, 0.15) is 23.7 Å². The van der Waals surface area contributed by atoms with Crippen LogP contribution in [0.3, 0.4) is 0 Å². The first-order chi connectivity index (χ1) is 15.2. The van der Waals surface area contributed by atoms with Crippen LogP contribution >= 0.6 is 11.6 Å². The van der Waals surface area contributed by atoms with Crippen molar-refractivity contribution in [2.24, 2.45) is 0 Å². The molecule has 13 heteroatoms. The highest BCUT2D eigenvalue weighted by Crippen LogP contribution is 2.35. The second-order valence-corrected chi connectivity index (χ2v) is 8.00. The molecule has 2 aliphatic rings. The summed E-state index contributed by atoms with van der Waals surface area (Å²) in [5.74, 6) is -1.53. The van der Waals surface area contributed by atoms with Crippen LogP contribution in [-0.4, -0.2) is 58.9 Å². The number of ether oxygens (including phenoxy) is 1. The predicted octanol–water partition coefficient (Wildman–Crippen LogP) is 2.86. The molecule has 4 heterocycles. The zero-order valence-corrected chi connectivity index (χ0v) is 17.4. The Morgan fingerprint density at radius 2 is 2.03 bits per heavy atom. The number of halogens is 5. The largest absolute Gasteiger partial charge is 0.405 e. The highest BCUT2D eigenvalue weighted by molar-refractivity contribution is 6.30. The molecule has 0 aliphatic carbocycles. The monoisotopic (exact) mass is 474 g/mol. The molecule has 0 aromatic carbocycles. The van der Waals surface area contributed by atoms with Crippen molar-refractivity contribution in [3.8, 4) is 0 Å². The summed E-state index contributed by atoms with van der Waals surface area (Å²) in [5, 5.41) is 8.15. The molecule has 2 aromatic rings. The molecule has 1 atom stereocenters. The second-order valence-electron chi connectivity index (χ2n) is 7.57. The van der Waals surface area contributed by atoms with Gasteiger partial charge in [-0.1, -0.05) is 11.6 Å². The standard InChI is InChI=1S/C19H19ClF4N6O2/c20-10-5-11-12(7-26-14(11)25-6-10)15-27-8-13(21)16(29-15)30-18(1-3-32-4-2-18)17(31)28-9-19(22,23)24/h5-6,8,12H,1-4,7,9H2,(H,25,26)(H,28,31)(H,27,29,30). The van der Waals surface area contributed by atoms with Crippen molar-refractivity contribution in [2.45, 2.75) is 30.5 Å². The first kappa shape index (κ1) is 22.5. The van der Waals surface area contributed by atoms with Crippen molar-refractivity contribution in [3.05, 3.63) is 40.7 Å². The van der Waals surface area contributed by atoms with E-state index in [4.69, 9.17) is 16.3 Å². The number of pyridine rings is 1. The summed E-state index contributed by atoms with van der Waals surface area (Å²) in [7, 11) is 0. The van der Waals surface area contributed by atoms with Crippen molar-refractivity contribution in [1.82, 2.24) is 20.3 Å². The third-order valence-corrected chi connectivity index (χ3v) is 5.60. The van der Waals surface area contributed by atoms with Crippen LogP contribution in [0.25, 0.3) is 0 Å². The Hall–Kier alpha value is -2.73. The average Bonchev–Trinajstić information content (AvgIpc) is 3.17. The molecule has 2 aromatic heterocycles. The maximum atomic E-state index is 14.6. The molecule has 0 radical (unpaired) electrons. The van der Waals surface area contributed by atoms with Crippen LogP contribution in [0.15, 0.2) is 18.5 Å². The van der Waals surface area contributed by atoms with E-state index in [0.717, 1.165) is 11.8 Å². The molecule has 0 bridgehead atoms. The molecule has 1 fully saturated rings. The summed E-state index contributed by atoms with van der Waals surface area (Å²) in [5.41, 5.74) is -0.772. The van der Waals surface area contributed by atoms with Crippen LogP contribution in [-0.2, 0) is 9.53 Å². The SMILES string of the molecule is O=C(NCC(F)(F)F)C1(Nc2nc(C3CNc4ncc(Cl)cc43)ncc2F)CCOCC1. The molecule has 0 spiro atoms. The lowest BCUT2D eigenvalue weighted by atomic mass is 9.88. The Balaban J connectivity index is 1.61. The maximum Gasteiger partial charge on any atom is 0.405 e. The Morgan fingerprint density at radius 1 is 1.28 bits per heavy atom. The summed E-state index contributed by atoms with van der Waals surface area (Å²) in [6.45, 7) is -0.850. The number of nitrogens with zero attached hydrogens (tertiary/aromatic N) is 3. The highest BCUT2D eigenvalue weighted by atomic mass is 35.5. The lowest BCUT2D eigenvalue weighted by Gasteiger charge is -2.37. The fraction of sp³-hybridized carbons (Fsp3) is 0.474. The predicted molar refractivity (Wildman–Crippen MR) is 107 cm³/mol. The molecule has 172 valence electrons. The van der Waals surface area contributed by atoms with Gasteiger partial charge in [0.25, 0.3) is 0 Å². The Morgan fingerprint density at radius 3 is 2.75 bits per heavy atom. The van der Waals surface area contributed by atoms with E-state index in [2.05, 4.69) is 25.6 Å². The van der Waals surface area contributed by atoms with Gasteiger partial charge in [0, 0.05) is 44.4 Å². The van der Waals surface area contributed by atoms with Gasteiger partial charge in [-0.15, -0.1) is 0 Å². The normalized spacial score (nSPS) is 19.7. The topological polar surface area (TPSA) is 101 Å². The summed E-state index contributed by atoms with van der Waals surface area (Å²) < 4.78 is 57.7. The minimum atomic E-state index is -4.58. The minimum Gasteiger partial charge on any atom is -0.381 e. The van der Waals surface area contributed by atoms with Gasteiger partial charge in [-0.2, -0.15) is 13.2 Å². The van der Waals surface area contributed by atoms with Crippen molar-refractivity contribution < 1.29 is 27.1 Å². The van der Waals surface area contributed by atoms with Gasteiger partial charge >= 0.3 is 6.18 Å². The van der Waals surface area contributed by atoms with Crippen molar-refractivity contribution in [2.75, 3.05) is 36.9 Å². The van der Waals surface area contributed by atoms with Crippen LogP contribution in [0.5, 0.6) is 0 Å². The van der Waals surface area contributed by atoms with Gasteiger partial charge in [0.2, 0.25) is 5.91 Å². The number of aromatic nitrogens is 3. The fourth-order valence-electron chi connectivity index (χ4n) is 3.75. The number of alkyl halides is 3.